The van der Waals surface area contributed by atoms with Gasteiger partial charge in [-0.15, -0.1) is 0 Å². The molecule has 1 atom stereocenters. The number of nitrogens with zero attached hydrogens (tertiary/aromatic N) is 2. The topological polar surface area (TPSA) is 60.9 Å². The molecule has 0 radical (unpaired) electrons. The zero-order valence-corrected chi connectivity index (χ0v) is 10.8. The van der Waals surface area contributed by atoms with E-state index in [0.29, 0.717) is 19.4 Å². The van der Waals surface area contributed by atoms with Crippen molar-refractivity contribution in [2.75, 3.05) is 26.2 Å². The van der Waals surface area contributed by atoms with Crippen molar-refractivity contribution in [2.45, 2.75) is 44.6 Å². The highest BCUT2D eigenvalue weighted by molar-refractivity contribution is 5.84. The monoisotopic (exact) mass is 254 g/mol. The second kappa shape index (κ2) is 6.18. The normalized spacial score (nSPS) is 25.3. The Labute approximate surface area is 108 Å². The van der Waals surface area contributed by atoms with Crippen LogP contribution in [-0.2, 0) is 9.59 Å². The minimum atomic E-state index is -0.862. The van der Waals surface area contributed by atoms with E-state index < -0.39 is 12.0 Å². The van der Waals surface area contributed by atoms with Gasteiger partial charge in [-0.3, -0.25) is 4.79 Å². The van der Waals surface area contributed by atoms with Gasteiger partial charge in [-0.25, -0.2) is 4.79 Å². The number of hydrogen-bond donors (Lipinski definition) is 1. The van der Waals surface area contributed by atoms with E-state index in [4.69, 9.17) is 5.11 Å². The predicted octanol–water partition coefficient (Wildman–Crippen LogP) is 0.938. The summed E-state index contributed by atoms with van der Waals surface area (Å²) < 4.78 is 0. The molecule has 18 heavy (non-hydrogen) atoms. The number of carboxylic acids is 1. The van der Waals surface area contributed by atoms with Crippen molar-refractivity contribution in [2.24, 2.45) is 0 Å². The molecule has 0 saturated carbocycles. The van der Waals surface area contributed by atoms with Gasteiger partial charge in [-0.05, 0) is 38.8 Å². The van der Waals surface area contributed by atoms with Crippen molar-refractivity contribution in [3.63, 3.8) is 0 Å². The summed E-state index contributed by atoms with van der Waals surface area (Å²) in [7, 11) is 0. The van der Waals surface area contributed by atoms with Crippen LogP contribution in [0.3, 0.4) is 0 Å². The zero-order chi connectivity index (χ0) is 13.0. The standard InChI is InChI=1S/C13H22N2O3/c16-12(6-10-14-7-2-1-3-8-14)15-9-4-5-11(15)13(17)18/h11H,1-10H2,(H,17,18)/t11-/m0/s1. The molecule has 1 amide bonds. The van der Waals surface area contributed by atoms with E-state index in [1.807, 2.05) is 0 Å². The molecule has 5 nitrogen and oxygen atoms in total. The average Bonchev–Trinajstić information content (AvgIpc) is 2.86. The Bertz CT molecular complexity index is 313. The van der Waals surface area contributed by atoms with Crippen LogP contribution in [0.4, 0.5) is 0 Å². The molecular weight excluding hydrogens is 232 g/mol. The number of aliphatic carboxylic acids is 1. The van der Waals surface area contributed by atoms with E-state index in [2.05, 4.69) is 4.90 Å². The summed E-state index contributed by atoms with van der Waals surface area (Å²) in [6.07, 6.45) is 5.60. The molecule has 5 heteroatoms. The first-order valence-electron chi connectivity index (χ1n) is 6.93. The summed E-state index contributed by atoms with van der Waals surface area (Å²) in [5.41, 5.74) is 0. The lowest BCUT2D eigenvalue weighted by Crippen LogP contribution is -2.42. The minimum Gasteiger partial charge on any atom is -0.480 e. The third kappa shape index (κ3) is 3.22. The Morgan fingerprint density at radius 3 is 2.44 bits per heavy atom. The van der Waals surface area contributed by atoms with Crippen molar-refractivity contribution in [1.29, 1.82) is 0 Å². The fourth-order valence-corrected chi connectivity index (χ4v) is 2.90. The lowest BCUT2D eigenvalue weighted by Gasteiger charge is -2.27. The van der Waals surface area contributed by atoms with Gasteiger partial charge in [0.1, 0.15) is 6.04 Å². The van der Waals surface area contributed by atoms with Gasteiger partial charge in [0.05, 0.1) is 0 Å². The summed E-state index contributed by atoms with van der Waals surface area (Å²) in [4.78, 5) is 26.9. The van der Waals surface area contributed by atoms with Crippen molar-refractivity contribution in [3.05, 3.63) is 0 Å². The van der Waals surface area contributed by atoms with Gasteiger partial charge in [0, 0.05) is 19.5 Å². The minimum absolute atomic E-state index is 0.00507. The van der Waals surface area contributed by atoms with Crippen molar-refractivity contribution in [1.82, 2.24) is 9.80 Å². The molecule has 0 aromatic heterocycles. The molecule has 1 N–H and O–H groups in total. The maximum Gasteiger partial charge on any atom is 0.326 e. The smallest absolute Gasteiger partial charge is 0.326 e. The molecule has 2 saturated heterocycles. The van der Waals surface area contributed by atoms with Gasteiger partial charge in [-0.1, -0.05) is 6.42 Å². The molecule has 0 spiro atoms. The van der Waals surface area contributed by atoms with E-state index >= 15 is 0 Å². The lowest BCUT2D eigenvalue weighted by atomic mass is 10.1. The molecule has 2 fully saturated rings. The largest absolute Gasteiger partial charge is 0.480 e. The van der Waals surface area contributed by atoms with Gasteiger partial charge >= 0.3 is 5.97 Å². The molecule has 2 aliphatic rings. The van der Waals surface area contributed by atoms with Crippen LogP contribution in [0.1, 0.15) is 38.5 Å². The van der Waals surface area contributed by atoms with E-state index in [1.54, 1.807) is 4.90 Å². The summed E-state index contributed by atoms with van der Waals surface area (Å²) in [6.45, 7) is 3.54. The van der Waals surface area contributed by atoms with Crippen molar-refractivity contribution >= 4 is 11.9 Å². The highest BCUT2D eigenvalue weighted by Crippen LogP contribution is 2.19. The number of rotatable bonds is 4. The number of carboxylic acid groups (broad SMARTS) is 1. The van der Waals surface area contributed by atoms with E-state index in [-0.39, 0.29) is 5.91 Å². The Hall–Kier alpha value is -1.10. The number of hydrogen-bond acceptors (Lipinski definition) is 3. The lowest BCUT2D eigenvalue weighted by molar-refractivity contribution is -0.148. The molecule has 102 valence electrons. The number of carbonyl (C=O) groups excluding carboxylic acids is 1. The molecular formula is C13H22N2O3. The molecule has 2 aliphatic heterocycles. The molecule has 0 unspecified atom stereocenters. The maximum absolute atomic E-state index is 12.0. The first kappa shape index (κ1) is 13.3. The van der Waals surface area contributed by atoms with Crippen LogP contribution in [0.15, 0.2) is 0 Å². The highest BCUT2D eigenvalue weighted by atomic mass is 16.4. The SMILES string of the molecule is O=C(O)[C@@H]1CCCN1C(=O)CCN1CCCCC1. The maximum atomic E-state index is 12.0. The summed E-state index contributed by atoms with van der Waals surface area (Å²) in [5.74, 6) is -0.857. The highest BCUT2D eigenvalue weighted by Gasteiger charge is 2.33. The Morgan fingerprint density at radius 2 is 1.78 bits per heavy atom. The molecule has 0 aliphatic carbocycles. The van der Waals surface area contributed by atoms with Gasteiger partial charge in [0.25, 0.3) is 0 Å². The summed E-state index contributed by atoms with van der Waals surface area (Å²) in [5, 5.41) is 9.05. The first-order chi connectivity index (χ1) is 8.68. The number of amides is 1. The predicted molar refractivity (Wildman–Crippen MR) is 67.3 cm³/mol. The van der Waals surface area contributed by atoms with Crippen LogP contribution in [0.2, 0.25) is 0 Å². The summed E-state index contributed by atoms with van der Waals surface area (Å²) in [6, 6.07) is -0.584. The van der Waals surface area contributed by atoms with Crippen LogP contribution in [0, 0.1) is 0 Å². The van der Waals surface area contributed by atoms with Crippen molar-refractivity contribution < 1.29 is 14.7 Å². The molecule has 2 rings (SSSR count). The second-order valence-electron chi connectivity index (χ2n) is 5.24. The van der Waals surface area contributed by atoms with Crippen LogP contribution in [0.25, 0.3) is 0 Å². The molecule has 0 bridgehead atoms. The fraction of sp³-hybridized carbons (Fsp3) is 0.846. The Kier molecular flexibility index (Phi) is 4.58. The number of likely N-dealkylation sites (tertiary alicyclic amines) is 2. The third-order valence-corrected chi connectivity index (χ3v) is 3.95. The fourth-order valence-electron chi connectivity index (χ4n) is 2.90. The third-order valence-electron chi connectivity index (χ3n) is 3.95. The Morgan fingerprint density at radius 1 is 1.06 bits per heavy atom. The van der Waals surface area contributed by atoms with Crippen molar-refractivity contribution in [3.8, 4) is 0 Å². The van der Waals surface area contributed by atoms with Crippen LogP contribution < -0.4 is 0 Å². The van der Waals surface area contributed by atoms with E-state index in [0.717, 1.165) is 26.1 Å². The van der Waals surface area contributed by atoms with E-state index in [1.165, 1.54) is 19.3 Å². The van der Waals surface area contributed by atoms with Gasteiger partial charge in [-0.2, -0.15) is 0 Å². The van der Waals surface area contributed by atoms with E-state index in [9.17, 15) is 9.59 Å². The number of piperidine rings is 1. The molecule has 0 aromatic carbocycles. The average molecular weight is 254 g/mol. The first-order valence-corrected chi connectivity index (χ1v) is 6.93. The second-order valence-corrected chi connectivity index (χ2v) is 5.24. The summed E-state index contributed by atoms with van der Waals surface area (Å²) >= 11 is 0. The van der Waals surface area contributed by atoms with Gasteiger partial charge in [0.15, 0.2) is 0 Å². The zero-order valence-electron chi connectivity index (χ0n) is 10.8. The van der Waals surface area contributed by atoms with Crippen LogP contribution in [-0.4, -0.2) is 59.0 Å². The quantitative estimate of drug-likeness (QED) is 0.811. The van der Waals surface area contributed by atoms with Crippen LogP contribution in [0.5, 0.6) is 0 Å². The van der Waals surface area contributed by atoms with Gasteiger partial charge in [0.2, 0.25) is 5.91 Å². The number of carbonyl (C=O) groups is 2. The molecule has 2 heterocycles. The Balaban J connectivity index is 1.78. The van der Waals surface area contributed by atoms with Crippen LogP contribution >= 0.6 is 0 Å². The van der Waals surface area contributed by atoms with Gasteiger partial charge < -0.3 is 14.9 Å². The molecule has 0 aromatic rings.